The molecule has 4 N–H and O–H groups in total. The number of pyridine rings is 1. The summed E-state index contributed by atoms with van der Waals surface area (Å²) in [5, 5.41) is 12.2. The number of halogens is 2. The number of hydrogen-bond acceptors (Lipinski definition) is 6. The van der Waals surface area contributed by atoms with Gasteiger partial charge in [0.15, 0.2) is 17.3 Å². The Hall–Kier alpha value is -2.59. The number of sulfone groups is 1. The van der Waals surface area contributed by atoms with Gasteiger partial charge < -0.3 is 16.2 Å². The molecule has 0 bridgehead atoms. The normalized spacial score (nSPS) is 15.5. The number of carbonyl (C=O) groups excluding carboxylic acids is 1. The summed E-state index contributed by atoms with van der Waals surface area (Å²) < 4.78 is 52.1. The average Bonchev–Trinajstić information content (AvgIpc) is 3.33. The first-order valence-corrected chi connectivity index (χ1v) is 9.08. The first-order chi connectivity index (χ1) is 12.1. The molecule has 0 saturated heterocycles. The molecule has 0 aliphatic heterocycles. The second kappa shape index (κ2) is 6.29. The third-order valence-electron chi connectivity index (χ3n) is 4.03. The fourth-order valence-electron chi connectivity index (χ4n) is 2.27. The summed E-state index contributed by atoms with van der Waals surface area (Å²) in [4.78, 5) is 14.4. The summed E-state index contributed by atoms with van der Waals surface area (Å²) in [6.45, 7) is 0.0293. The van der Waals surface area contributed by atoms with Crippen molar-refractivity contribution in [1.29, 1.82) is 0 Å². The van der Waals surface area contributed by atoms with Crippen LogP contribution in [-0.4, -0.2) is 36.6 Å². The van der Waals surface area contributed by atoms with Crippen LogP contribution in [0.15, 0.2) is 40.3 Å². The quantitative estimate of drug-likeness (QED) is 0.709. The molecule has 1 heterocycles. The first kappa shape index (κ1) is 18.2. The molecule has 2 aromatic rings. The van der Waals surface area contributed by atoms with Crippen molar-refractivity contribution < 1.29 is 27.1 Å². The highest BCUT2D eigenvalue weighted by Gasteiger charge is 2.40. The molecule has 1 aliphatic rings. The van der Waals surface area contributed by atoms with Crippen LogP contribution in [-0.2, 0) is 9.84 Å². The Kier molecular flexibility index (Phi) is 4.41. The Morgan fingerprint density at radius 3 is 2.65 bits per heavy atom. The minimum absolute atomic E-state index is 0.0293. The van der Waals surface area contributed by atoms with Crippen molar-refractivity contribution in [1.82, 2.24) is 10.3 Å². The molecule has 1 amide bonds. The number of aromatic nitrogens is 1. The van der Waals surface area contributed by atoms with Crippen LogP contribution >= 0.6 is 0 Å². The van der Waals surface area contributed by atoms with E-state index in [0.717, 1.165) is 30.5 Å². The summed E-state index contributed by atoms with van der Waals surface area (Å²) in [6.07, 6.45) is 2.00. The molecule has 0 unspecified atom stereocenters. The summed E-state index contributed by atoms with van der Waals surface area (Å²) in [7, 11) is -4.41. The molecule has 1 aromatic heterocycles. The Morgan fingerprint density at radius 2 is 2.04 bits per heavy atom. The van der Waals surface area contributed by atoms with Gasteiger partial charge in [-0.25, -0.2) is 22.2 Å². The molecule has 1 saturated carbocycles. The van der Waals surface area contributed by atoms with Gasteiger partial charge in [0, 0.05) is 12.7 Å². The van der Waals surface area contributed by atoms with Crippen LogP contribution < -0.4 is 11.1 Å². The van der Waals surface area contributed by atoms with E-state index in [1.165, 1.54) is 0 Å². The van der Waals surface area contributed by atoms with Gasteiger partial charge >= 0.3 is 0 Å². The molecule has 0 radical (unpaired) electrons. The van der Waals surface area contributed by atoms with Crippen molar-refractivity contribution in [3.8, 4) is 0 Å². The second-order valence-electron chi connectivity index (χ2n) is 6.07. The SMILES string of the molecule is Nc1cc(S(=O)(=O)c2cccc(F)c2F)cnc1C(=O)NCC1(O)CC1. The van der Waals surface area contributed by atoms with Gasteiger partial charge in [-0.15, -0.1) is 0 Å². The van der Waals surface area contributed by atoms with Crippen LogP contribution in [0, 0.1) is 11.6 Å². The third-order valence-corrected chi connectivity index (χ3v) is 5.77. The number of aliphatic hydroxyl groups is 1. The van der Waals surface area contributed by atoms with E-state index in [-0.39, 0.29) is 17.9 Å². The fourth-order valence-corrected chi connectivity index (χ4v) is 3.59. The van der Waals surface area contributed by atoms with Gasteiger partial charge in [-0.05, 0) is 31.0 Å². The first-order valence-electron chi connectivity index (χ1n) is 7.59. The number of nitrogen functional groups attached to an aromatic ring is 1. The number of nitrogens with zero attached hydrogens (tertiary/aromatic N) is 1. The van der Waals surface area contributed by atoms with Crippen LogP contribution in [0.5, 0.6) is 0 Å². The largest absolute Gasteiger partial charge is 0.397 e. The van der Waals surface area contributed by atoms with Gasteiger partial charge in [0.1, 0.15) is 4.90 Å². The van der Waals surface area contributed by atoms with E-state index >= 15 is 0 Å². The Bertz CT molecular complexity index is 991. The average molecular weight is 383 g/mol. The third kappa shape index (κ3) is 3.37. The van der Waals surface area contributed by atoms with E-state index in [9.17, 15) is 27.1 Å². The van der Waals surface area contributed by atoms with Gasteiger partial charge in [-0.1, -0.05) is 6.07 Å². The Labute approximate surface area is 147 Å². The van der Waals surface area contributed by atoms with Crippen molar-refractivity contribution >= 4 is 21.4 Å². The van der Waals surface area contributed by atoms with Gasteiger partial charge in [-0.3, -0.25) is 4.79 Å². The molecule has 0 spiro atoms. The molecule has 1 aromatic carbocycles. The Balaban J connectivity index is 1.89. The van der Waals surface area contributed by atoms with Crippen LogP contribution in [0.25, 0.3) is 0 Å². The lowest BCUT2D eigenvalue weighted by molar-refractivity contribution is 0.0892. The lowest BCUT2D eigenvalue weighted by Gasteiger charge is -2.11. The smallest absolute Gasteiger partial charge is 0.272 e. The predicted octanol–water partition coefficient (Wildman–Crippen LogP) is 1.03. The number of nitrogens with one attached hydrogen (secondary N) is 1. The molecule has 138 valence electrons. The van der Waals surface area contributed by atoms with E-state index in [4.69, 9.17) is 5.73 Å². The van der Waals surface area contributed by atoms with Gasteiger partial charge in [0.05, 0.1) is 16.2 Å². The number of amides is 1. The highest BCUT2D eigenvalue weighted by molar-refractivity contribution is 7.91. The standard InChI is InChI=1S/C16H15F2N3O4S/c17-10-2-1-3-12(13(10)18)26(24,25)9-6-11(19)14(20-7-9)15(22)21-8-16(23)4-5-16/h1-3,6-7,23H,4-5,8,19H2,(H,21,22). The number of rotatable bonds is 5. The van der Waals surface area contributed by atoms with E-state index in [0.29, 0.717) is 12.8 Å². The zero-order valence-electron chi connectivity index (χ0n) is 13.4. The van der Waals surface area contributed by atoms with Crippen LogP contribution in [0.1, 0.15) is 23.3 Å². The number of nitrogens with two attached hydrogens (primary N) is 1. The van der Waals surface area contributed by atoms with E-state index < -0.39 is 42.8 Å². The maximum absolute atomic E-state index is 13.8. The Morgan fingerprint density at radius 1 is 1.35 bits per heavy atom. The molecule has 0 atom stereocenters. The topological polar surface area (TPSA) is 122 Å². The van der Waals surface area contributed by atoms with Crippen molar-refractivity contribution in [3.05, 3.63) is 47.8 Å². The number of benzene rings is 1. The second-order valence-corrected chi connectivity index (χ2v) is 7.99. The lowest BCUT2D eigenvalue weighted by atomic mass is 10.2. The van der Waals surface area contributed by atoms with Crippen molar-refractivity contribution in [3.63, 3.8) is 0 Å². The summed E-state index contributed by atoms with van der Waals surface area (Å²) >= 11 is 0. The minimum atomic E-state index is -4.41. The molecular formula is C16H15F2N3O4S. The van der Waals surface area contributed by atoms with E-state index in [2.05, 4.69) is 10.3 Å². The maximum Gasteiger partial charge on any atom is 0.272 e. The van der Waals surface area contributed by atoms with Crippen molar-refractivity contribution in [2.75, 3.05) is 12.3 Å². The molecule has 1 fully saturated rings. The predicted molar refractivity (Wildman–Crippen MR) is 87.0 cm³/mol. The van der Waals surface area contributed by atoms with Crippen molar-refractivity contribution in [2.24, 2.45) is 0 Å². The summed E-state index contributed by atoms with van der Waals surface area (Å²) in [5.41, 5.74) is 4.31. The molecule has 26 heavy (non-hydrogen) atoms. The highest BCUT2D eigenvalue weighted by atomic mass is 32.2. The molecule has 3 rings (SSSR count). The minimum Gasteiger partial charge on any atom is -0.397 e. The molecule has 10 heteroatoms. The van der Waals surface area contributed by atoms with Crippen LogP contribution in [0.2, 0.25) is 0 Å². The summed E-state index contributed by atoms with van der Waals surface area (Å²) in [6, 6.07) is 3.73. The number of hydrogen-bond donors (Lipinski definition) is 3. The number of anilines is 1. The lowest BCUT2D eigenvalue weighted by Crippen LogP contribution is -2.34. The summed E-state index contributed by atoms with van der Waals surface area (Å²) in [5.74, 6) is -3.49. The fraction of sp³-hybridized carbons (Fsp3) is 0.250. The van der Waals surface area contributed by atoms with Crippen LogP contribution in [0.4, 0.5) is 14.5 Å². The van der Waals surface area contributed by atoms with Crippen LogP contribution in [0.3, 0.4) is 0 Å². The van der Waals surface area contributed by atoms with E-state index in [1.807, 2.05) is 0 Å². The van der Waals surface area contributed by atoms with Gasteiger partial charge in [0.25, 0.3) is 5.91 Å². The van der Waals surface area contributed by atoms with Gasteiger partial charge in [0.2, 0.25) is 9.84 Å². The van der Waals surface area contributed by atoms with E-state index in [1.54, 1.807) is 0 Å². The maximum atomic E-state index is 13.8. The zero-order chi connectivity index (χ0) is 19.1. The monoisotopic (exact) mass is 383 g/mol. The zero-order valence-corrected chi connectivity index (χ0v) is 14.2. The van der Waals surface area contributed by atoms with Crippen molar-refractivity contribution in [2.45, 2.75) is 28.2 Å². The highest BCUT2D eigenvalue weighted by Crippen LogP contribution is 2.34. The number of carbonyl (C=O) groups is 1. The molecule has 7 nitrogen and oxygen atoms in total. The molecule has 1 aliphatic carbocycles. The van der Waals surface area contributed by atoms with Gasteiger partial charge in [-0.2, -0.15) is 0 Å². The molecular weight excluding hydrogens is 368 g/mol.